The third kappa shape index (κ3) is 5.57. The van der Waals surface area contributed by atoms with Crippen LogP contribution in [0.3, 0.4) is 0 Å². The van der Waals surface area contributed by atoms with Crippen LogP contribution in [0.2, 0.25) is 5.02 Å². The highest BCUT2D eigenvalue weighted by molar-refractivity contribution is 7.89. The molecule has 2 aromatic rings. The van der Waals surface area contributed by atoms with Crippen LogP contribution in [-0.4, -0.2) is 38.3 Å². The first-order valence-electron chi connectivity index (χ1n) is 8.51. The lowest BCUT2D eigenvalue weighted by Gasteiger charge is -2.18. The molecule has 2 rings (SSSR count). The monoisotopic (exact) mass is 404 g/mol. The second kappa shape index (κ2) is 9.56. The second-order valence-electron chi connectivity index (χ2n) is 5.61. The summed E-state index contributed by atoms with van der Waals surface area (Å²) < 4.78 is 26.3. The number of halogens is 1. The highest BCUT2D eigenvalue weighted by Crippen LogP contribution is 2.16. The van der Waals surface area contributed by atoms with Crippen LogP contribution < -0.4 is 5.32 Å². The van der Waals surface area contributed by atoms with E-state index in [0.29, 0.717) is 23.7 Å². The van der Waals surface area contributed by atoms with Gasteiger partial charge in [0.2, 0.25) is 10.0 Å². The molecule has 0 aliphatic heterocycles. The maximum Gasteiger partial charge on any atom is 0.252 e. The number of amides is 1. The average molecular weight is 405 g/mol. The van der Waals surface area contributed by atoms with E-state index in [2.05, 4.69) is 17.2 Å². The van der Waals surface area contributed by atoms with Crippen molar-refractivity contribution < 1.29 is 13.2 Å². The summed E-state index contributed by atoms with van der Waals surface area (Å²) in [5.74, 6) is 5.45. The lowest BCUT2D eigenvalue weighted by Crippen LogP contribution is -2.30. The molecule has 142 valence electrons. The summed E-state index contributed by atoms with van der Waals surface area (Å²) in [6.07, 6.45) is 0. The van der Waals surface area contributed by atoms with Gasteiger partial charge in [0.05, 0.1) is 11.4 Å². The third-order valence-corrected chi connectivity index (χ3v) is 6.15. The number of hydrogen-bond donors (Lipinski definition) is 1. The van der Waals surface area contributed by atoms with Crippen LogP contribution in [0.25, 0.3) is 0 Å². The Morgan fingerprint density at radius 2 is 1.78 bits per heavy atom. The molecule has 0 aromatic heterocycles. The summed E-state index contributed by atoms with van der Waals surface area (Å²) in [4.78, 5) is 12.3. The molecule has 1 amide bonds. The van der Waals surface area contributed by atoms with Crippen molar-refractivity contribution in [2.24, 2.45) is 0 Å². The summed E-state index contributed by atoms with van der Waals surface area (Å²) >= 11 is 5.89. The standard InChI is InChI=1S/C20H21ClN2O3S/c1-3-23(4-2)27(25,26)19-12-10-17(11-13-19)20(24)22-14-6-8-16-7-5-9-18(21)15-16/h5,7,9-13,15H,3-4,14H2,1-2H3,(H,22,24). The third-order valence-electron chi connectivity index (χ3n) is 3.85. The van der Waals surface area contributed by atoms with Crippen LogP contribution in [0.1, 0.15) is 29.8 Å². The predicted molar refractivity (Wildman–Crippen MR) is 107 cm³/mol. The summed E-state index contributed by atoms with van der Waals surface area (Å²) in [6.45, 7) is 4.53. The molecule has 0 heterocycles. The average Bonchev–Trinajstić information content (AvgIpc) is 2.66. The van der Waals surface area contributed by atoms with E-state index >= 15 is 0 Å². The molecule has 0 saturated carbocycles. The van der Waals surface area contributed by atoms with Gasteiger partial charge in [-0.1, -0.05) is 43.4 Å². The van der Waals surface area contributed by atoms with Crippen molar-refractivity contribution in [2.75, 3.05) is 19.6 Å². The Kier molecular flexibility index (Phi) is 7.43. The Hall–Kier alpha value is -2.33. The number of hydrogen-bond acceptors (Lipinski definition) is 3. The normalized spacial score (nSPS) is 11.0. The molecule has 1 N–H and O–H groups in total. The van der Waals surface area contributed by atoms with Gasteiger partial charge in [-0.2, -0.15) is 4.31 Å². The number of nitrogens with zero attached hydrogens (tertiary/aromatic N) is 1. The predicted octanol–water partition coefficient (Wildman–Crippen LogP) is 3.15. The fraction of sp³-hybridized carbons (Fsp3) is 0.250. The molecule has 7 heteroatoms. The zero-order valence-corrected chi connectivity index (χ0v) is 16.8. The van der Waals surface area contributed by atoms with E-state index in [0.717, 1.165) is 5.56 Å². The quantitative estimate of drug-likeness (QED) is 0.752. The van der Waals surface area contributed by atoms with Gasteiger partial charge in [0, 0.05) is 29.2 Å². The molecule has 0 radical (unpaired) electrons. The van der Waals surface area contributed by atoms with Crippen LogP contribution in [0.4, 0.5) is 0 Å². The fourth-order valence-corrected chi connectivity index (χ4v) is 4.08. The molecule has 2 aromatic carbocycles. The zero-order valence-electron chi connectivity index (χ0n) is 15.2. The van der Waals surface area contributed by atoms with Crippen LogP contribution in [0.15, 0.2) is 53.4 Å². The number of benzene rings is 2. The zero-order chi connectivity index (χ0) is 19.9. The molecule has 0 saturated heterocycles. The van der Waals surface area contributed by atoms with Gasteiger partial charge in [-0.05, 0) is 42.5 Å². The number of rotatable bonds is 6. The van der Waals surface area contributed by atoms with E-state index in [9.17, 15) is 13.2 Å². The molecule has 0 spiro atoms. The Morgan fingerprint density at radius 1 is 1.11 bits per heavy atom. The van der Waals surface area contributed by atoms with Gasteiger partial charge in [-0.15, -0.1) is 0 Å². The molecule has 0 atom stereocenters. The van der Waals surface area contributed by atoms with Crippen molar-refractivity contribution in [3.8, 4) is 11.8 Å². The Morgan fingerprint density at radius 3 is 2.37 bits per heavy atom. The first-order valence-corrected chi connectivity index (χ1v) is 10.3. The molecule has 5 nitrogen and oxygen atoms in total. The van der Waals surface area contributed by atoms with Crippen LogP contribution in [0, 0.1) is 11.8 Å². The summed E-state index contributed by atoms with van der Waals surface area (Å²) in [7, 11) is -3.53. The number of nitrogens with one attached hydrogen (secondary N) is 1. The van der Waals surface area contributed by atoms with E-state index in [4.69, 9.17) is 11.6 Å². The van der Waals surface area contributed by atoms with Crippen molar-refractivity contribution in [3.63, 3.8) is 0 Å². The maximum atomic E-state index is 12.4. The van der Waals surface area contributed by atoms with Crippen molar-refractivity contribution in [3.05, 3.63) is 64.7 Å². The molecule has 0 aliphatic carbocycles. The van der Waals surface area contributed by atoms with Gasteiger partial charge < -0.3 is 5.32 Å². The molecule has 0 aliphatic rings. The first kappa shape index (κ1) is 21.0. The molecule has 27 heavy (non-hydrogen) atoms. The highest BCUT2D eigenvalue weighted by Gasteiger charge is 2.21. The number of sulfonamides is 1. The van der Waals surface area contributed by atoms with Crippen molar-refractivity contribution in [2.45, 2.75) is 18.7 Å². The molecule has 0 bridgehead atoms. The van der Waals surface area contributed by atoms with Gasteiger partial charge in [0.15, 0.2) is 0 Å². The van der Waals surface area contributed by atoms with Crippen molar-refractivity contribution in [1.29, 1.82) is 0 Å². The van der Waals surface area contributed by atoms with Crippen molar-refractivity contribution in [1.82, 2.24) is 9.62 Å². The summed E-state index contributed by atoms with van der Waals surface area (Å²) in [5, 5.41) is 3.28. The highest BCUT2D eigenvalue weighted by atomic mass is 35.5. The Balaban J connectivity index is 2.00. The largest absolute Gasteiger partial charge is 0.341 e. The van der Waals surface area contributed by atoms with Gasteiger partial charge in [-0.3, -0.25) is 4.79 Å². The first-order chi connectivity index (χ1) is 12.9. The lowest BCUT2D eigenvalue weighted by atomic mass is 10.2. The Labute approximate surface area is 165 Å². The number of carbonyl (C=O) groups is 1. The smallest absolute Gasteiger partial charge is 0.252 e. The molecule has 0 fully saturated rings. The molecule has 0 unspecified atom stereocenters. The van der Waals surface area contributed by atoms with E-state index in [1.54, 1.807) is 32.0 Å². The van der Waals surface area contributed by atoms with Crippen molar-refractivity contribution >= 4 is 27.5 Å². The SMILES string of the molecule is CCN(CC)S(=O)(=O)c1ccc(C(=O)NCC#Cc2cccc(Cl)c2)cc1. The van der Waals surface area contributed by atoms with Gasteiger partial charge in [0.1, 0.15) is 0 Å². The molecular weight excluding hydrogens is 384 g/mol. The Bertz CT molecular complexity index is 957. The van der Waals surface area contributed by atoms with Crippen LogP contribution in [-0.2, 0) is 10.0 Å². The van der Waals surface area contributed by atoms with E-state index < -0.39 is 10.0 Å². The van der Waals surface area contributed by atoms with E-state index in [-0.39, 0.29) is 17.3 Å². The van der Waals surface area contributed by atoms with Crippen LogP contribution >= 0.6 is 11.6 Å². The maximum absolute atomic E-state index is 12.4. The topological polar surface area (TPSA) is 66.5 Å². The van der Waals surface area contributed by atoms with E-state index in [1.807, 2.05) is 6.07 Å². The van der Waals surface area contributed by atoms with Gasteiger partial charge in [0.25, 0.3) is 5.91 Å². The van der Waals surface area contributed by atoms with Gasteiger partial charge >= 0.3 is 0 Å². The summed E-state index contributed by atoms with van der Waals surface area (Å²) in [5.41, 5.74) is 1.14. The van der Waals surface area contributed by atoms with Gasteiger partial charge in [-0.25, -0.2) is 8.42 Å². The number of carbonyl (C=O) groups excluding carboxylic acids is 1. The minimum absolute atomic E-state index is 0.170. The molecular formula is C20H21ClN2O3S. The van der Waals surface area contributed by atoms with Crippen LogP contribution in [0.5, 0.6) is 0 Å². The lowest BCUT2D eigenvalue weighted by molar-refractivity contribution is 0.0958. The van der Waals surface area contributed by atoms with E-state index in [1.165, 1.54) is 28.6 Å². The second-order valence-corrected chi connectivity index (χ2v) is 7.98. The minimum atomic E-state index is -3.53. The minimum Gasteiger partial charge on any atom is -0.341 e. The summed E-state index contributed by atoms with van der Waals surface area (Å²) in [6, 6.07) is 13.0. The fourth-order valence-electron chi connectivity index (χ4n) is 2.43.